The second kappa shape index (κ2) is 9.74. The Bertz CT molecular complexity index is 915. The molecule has 0 heterocycles. The molecule has 2 atom stereocenters. The van der Waals surface area contributed by atoms with Gasteiger partial charge in [0.05, 0.1) is 6.42 Å². The second-order valence-corrected chi connectivity index (χ2v) is 9.12. The zero-order chi connectivity index (χ0) is 22.5. The summed E-state index contributed by atoms with van der Waals surface area (Å²) in [6.45, 7) is 11.0. The van der Waals surface area contributed by atoms with E-state index in [4.69, 9.17) is 0 Å². The molecule has 0 bridgehead atoms. The van der Waals surface area contributed by atoms with Crippen LogP contribution in [0.2, 0.25) is 0 Å². The minimum atomic E-state index is -0.720. The van der Waals surface area contributed by atoms with Crippen LogP contribution in [0, 0.1) is 5.92 Å². The molecule has 0 saturated carbocycles. The minimum absolute atomic E-state index is 0.122. The van der Waals surface area contributed by atoms with Gasteiger partial charge in [-0.05, 0) is 49.9 Å². The molecule has 3 amide bonds. The van der Waals surface area contributed by atoms with Gasteiger partial charge < -0.3 is 16.0 Å². The monoisotopic (exact) mass is 411 g/mol. The predicted octanol–water partition coefficient (Wildman–Crippen LogP) is 2.94. The summed E-state index contributed by atoms with van der Waals surface area (Å²) in [6.07, 6.45) is 0.182. The van der Waals surface area contributed by atoms with Crippen molar-refractivity contribution >= 4 is 28.5 Å². The molecule has 2 unspecified atom stereocenters. The zero-order valence-corrected chi connectivity index (χ0v) is 18.7. The third-order valence-corrected chi connectivity index (χ3v) is 4.69. The Labute approximate surface area is 178 Å². The topological polar surface area (TPSA) is 87.3 Å². The van der Waals surface area contributed by atoms with Crippen LogP contribution in [0.15, 0.2) is 42.5 Å². The van der Waals surface area contributed by atoms with Crippen LogP contribution < -0.4 is 16.0 Å². The minimum Gasteiger partial charge on any atom is -0.350 e. The molecule has 0 saturated heterocycles. The fourth-order valence-electron chi connectivity index (χ4n) is 3.14. The Kier molecular flexibility index (Phi) is 7.59. The van der Waals surface area contributed by atoms with Gasteiger partial charge >= 0.3 is 0 Å². The van der Waals surface area contributed by atoms with E-state index in [2.05, 4.69) is 16.0 Å². The first-order valence-electron chi connectivity index (χ1n) is 10.4. The highest BCUT2D eigenvalue weighted by atomic mass is 16.2. The van der Waals surface area contributed by atoms with Gasteiger partial charge in [0.1, 0.15) is 12.1 Å². The highest BCUT2D eigenvalue weighted by Crippen LogP contribution is 2.16. The number of amides is 3. The van der Waals surface area contributed by atoms with Crippen molar-refractivity contribution in [1.29, 1.82) is 0 Å². The lowest BCUT2D eigenvalue weighted by Crippen LogP contribution is -2.56. The molecule has 0 radical (unpaired) electrons. The third kappa shape index (κ3) is 6.87. The van der Waals surface area contributed by atoms with Gasteiger partial charge in [-0.1, -0.05) is 56.3 Å². The molecular formula is C24H33N3O3. The number of hydrogen-bond acceptors (Lipinski definition) is 3. The summed E-state index contributed by atoms with van der Waals surface area (Å²) in [7, 11) is 0. The van der Waals surface area contributed by atoms with Crippen LogP contribution in [-0.2, 0) is 20.8 Å². The highest BCUT2D eigenvalue weighted by molar-refractivity contribution is 5.93. The zero-order valence-electron chi connectivity index (χ0n) is 18.7. The number of benzene rings is 2. The Morgan fingerprint density at radius 2 is 1.50 bits per heavy atom. The largest absolute Gasteiger partial charge is 0.350 e. The summed E-state index contributed by atoms with van der Waals surface area (Å²) in [6, 6.07) is 12.4. The van der Waals surface area contributed by atoms with Gasteiger partial charge in [-0.15, -0.1) is 0 Å². The fraction of sp³-hybridized carbons (Fsp3) is 0.458. The molecule has 6 heteroatoms. The average molecular weight is 412 g/mol. The molecule has 2 rings (SSSR count). The molecule has 0 fully saturated rings. The summed E-state index contributed by atoms with van der Waals surface area (Å²) in [5, 5.41) is 10.6. The van der Waals surface area contributed by atoms with Crippen molar-refractivity contribution in [3.8, 4) is 0 Å². The van der Waals surface area contributed by atoms with E-state index in [9.17, 15) is 14.4 Å². The molecule has 0 aliphatic rings. The van der Waals surface area contributed by atoms with E-state index in [1.165, 1.54) is 0 Å². The molecule has 30 heavy (non-hydrogen) atoms. The number of nitrogens with one attached hydrogen (secondary N) is 3. The first-order valence-corrected chi connectivity index (χ1v) is 10.4. The number of fused-ring (bicyclic) bond motifs is 1. The lowest BCUT2D eigenvalue weighted by molar-refractivity contribution is -0.133. The predicted molar refractivity (Wildman–Crippen MR) is 120 cm³/mol. The van der Waals surface area contributed by atoms with Gasteiger partial charge in [-0.2, -0.15) is 0 Å². The standard InChI is InChI=1S/C24H33N3O3/c1-15(2)21(23(30)25-16(3)22(29)27-24(4,5)6)26-20(28)14-17-11-12-18-9-7-8-10-19(18)13-17/h7-13,15-16,21H,14H2,1-6H3,(H,25,30)(H,26,28)(H,27,29). The van der Waals surface area contributed by atoms with Crippen LogP contribution in [0.1, 0.15) is 47.1 Å². The van der Waals surface area contributed by atoms with Crippen LogP contribution in [0.3, 0.4) is 0 Å². The maximum Gasteiger partial charge on any atom is 0.243 e. The van der Waals surface area contributed by atoms with Crippen LogP contribution in [0.25, 0.3) is 10.8 Å². The molecule has 2 aromatic carbocycles. The Morgan fingerprint density at radius 3 is 2.10 bits per heavy atom. The summed E-state index contributed by atoms with van der Waals surface area (Å²) in [5.74, 6) is -0.983. The quantitative estimate of drug-likeness (QED) is 0.655. The van der Waals surface area contributed by atoms with Gasteiger partial charge in [0.2, 0.25) is 17.7 Å². The lowest BCUT2D eigenvalue weighted by atomic mass is 10.0. The van der Waals surface area contributed by atoms with Crippen molar-refractivity contribution in [2.24, 2.45) is 5.92 Å². The van der Waals surface area contributed by atoms with Crippen LogP contribution in [0.4, 0.5) is 0 Å². The number of carbonyl (C=O) groups excluding carboxylic acids is 3. The van der Waals surface area contributed by atoms with E-state index < -0.39 is 12.1 Å². The molecule has 0 aromatic heterocycles. The summed E-state index contributed by atoms with van der Waals surface area (Å²) < 4.78 is 0. The van der Waals surface area contributed by atoms with E-state index in [0.717, 1.165) is 16.3 Å². The van der Waals surface area contributed by atoms with Gasteiger partial charge in [0, 0.05) is 5.54 Å². The highest BCUT2D eigenvalue weighted by Gasteiger charge is 2.28. The molecule has 2 aromatic rings. The van der Waals surface area contributed by atoms with E-state index in [1.807, 2.05) is 77.1 Å². The molecule has 0 spiro atoms. The van der Waals surface area contributed by atoms with Crippen LogP contribution in [0.5, 0.6) is 0 Å². The molecule has 162 valence electrons. The van der Waals surface area contributed by atoms with E-state index >= 15 is 0 Å². The van der Waals surface area contributed by atoms with Crippen molar-refractivity contribution in [3.05, 3.63) is 48.0 Å². The SMILES string of the molecule is CC(NC(=O)C(NC(=O)Cc1ccc2ccccc2c1)C(C)C)C(=O)NC(C)(C)C. The third-order valence-electron chi connectivity index (χ3n) is 4.69. The first-order chi connectivity index (χ1) is 14.0. The van der Waals surface area contributed by atoms with Crippen molar-refractivity contribution in [1.82, 2.24) is 16.0 Å². The van der Waals surface area contributed by atoms with Gasteiger partial charge in [-0.3, -0.25) is 14.4 Å². The molecule has 0 aliphatic heterocycles. The maximum absolute atomic E-state index is 12.7. The number of carbonyl (C=O) groups is 3. The van der Waals surface area contributed by atoms with Crippen molar-refractivity contribution in [2.45, 2.75) is 65.6 Å². The Hall–Kier alpha value is -2.89. The van der Waals surface area contributed by atoms with E-state index in [-0.39, 0.29) is 35.6 Å². The summed E-state index contributed by atoms with van der Waals surface area (Å²) >= 11 is 0. The molecule has 0 aliphatic carbocycles. The van der Waals surface area contributed by atoms with Crippen LogP contribution >= 0.6 is 0 Å². The van der Waals surface area contributed by atoms with E-state index in [0.29, 0.717) is 0 Å². The Morgan fingerprint density at radius 1 is 0.867 bits per heavy atom. The van der Waals surface area contributed by atoms with Gasteiger partial charge in [0.15, 0.2) is 0 Å². The van der Waals surface area contributed by atoms with Gasteiger partial charge in [-0.25, -0.2) is 0 Å². The number of hydrogen-bond donors (Lipinski definition) is 3. The number of rotatable bonds is 7. The maximum atomic E-state index is 12.7. The van der Waals surface area contributed by atoms with Crippen molar-refractivity contribution < 1.29 is 14.4 Å². The second-order valence-electron chi connectivity index (χ2n) is 9.12. The molecular weight excluding hydrogens is 378 g/mol. The Balaban J connectivity index is 2.00. The lowest BCUT2D eigenvalue weighted by Gasteiger charge is -2.26. The average Bonchev–Trinajstić information content (AvgIpc) is 2.64. The smallest absolute Gasteiger partial charge is 0.243 e. The summed E-state index contributed by atoms with van der Waals surface area (Å²) in [5.41, 5.74) is 0.494. The molecule has 3 N–H and O–H groups in total. The van der Waals surface area contributed by atoms with Crippen molar-refractivity contribution in [2.75, 3.05) is 0 Å². The first kappa shape index (κ1) is 23.4. The van der Waals surface area contributed by atoms with Gasteiger partial charge in [0.25, 0.3) is 0 Å². The fourth-order valence-corrected chi connectivity index (χ4v) is 3.14. The normalized spacial score (nSPS) is 13.6. The van der Waals surface area contributed by atoms with Crippen LogP contribution in [-0.4, -0.2) is 35.3 Å². The summed E-state index contributed by atoms with van der Waals surface area (Å²) in [4.78, 5) is 37.6. The van der Waals surface area contributed by atoms with Crippen molar-refractivity contribution in [3.63, 3.8) is 0 Å². The molecule has 6 nitrogen and oxygen atoms in total. The van der Waals surface area contributed by atoms with E-state index in [1.54, 1.807) is 6.92 Å².